The summed E-state index contributed by atoms with van der Waals surface area (Å²) in [6.45, 7) is 1.27. The van der Waals surface area contributed by atoms with Crippen LogP contribution in [0.3, 0.4) is 0 Å². The Balaban J connectivity index is 1.37. The minimum absolute atomic E-state index is 0.124. The molecule has 3 aliphatic rings. The topological polar surface area (TPSA) is 139 Å². The number of ether oxygens (including phenoxy) is 1. The largest absolute Gasteiger partial charge is 0.427 e. The van der Waals surface area contributed by atoms with Gasteiger partial charge in [0.15, 0.2) is 0 Å². The number of fused-ring (bicyclic) bond motifs is 5. The van der Waals surface area contributed by atoms with Crippen LogP contribution >= 0.6 is 0 Å². The standard InChI is InChI=1S/C29H22N4O7/c1-16(34)40-21-13-11-19(12-14-21)31-28(36)24-23-15-6-17-4-2-3-5-22(17)32(23)26(25(24)29(31)37)27(35)30-18-7-9-20(10-8-18)33(38)39/h2-15,23-26H,1H3,(H,30,35)/t23-,24+,25+,26-/m1/s1. The first kappa shape index (κ1) is 25.0. The number of carbonyl (C=O) groups is 4. The van der Waals surface area contributed by atoms with Gasteiger partial charge in [0.25, 0.3) is 5.69 Å². The van der Waals surface area contributed by atoms with Crippen molar-refractivity contribution in [1.82, 2.24) is 0 Å². The van der Waals surface area contributed by atoms with Gasteiger partial charge in [-0.3, -0.25) is 29.3 Å². The number of imide groups is 1. The number of nitro groups is 1. The average Bonchev–Trinajstić information content (AvgIpc) is 3.42. The van der Waals surface area contributed by atoms with Gasteiger partial charge in [-0.2, -0.15) is 0 Å². The fraction of sp³-hybridized carbons (Fsp3) is 0.172. The predicted molar refractivity (Wildman–Crippen MR) is 144 cm³/mol. The van der Waals surface area contributed by atoms with Gasteiger partial charge in [-0.25, -0.2) is 4.90 Å². The van der Waals surface area contributed by atoms with Gasteiger partial charge in [0.2, 0.25) is 17.7 Å². The van der Waals surface area contributed by atoms with Crippen molar-refractivity contribution in [2.45, 2.75) is 19.0 Å². The van der Waals surface area contributed by atoms with Crippen molar-refractivity contribution in [3.63, 3.8) is 0 Å². The number of benzene rings is 3. The van der Waals surface area contributed by atoms with Crippen molar-refractivity contribution in [1.29, 1.82) is 0 Å². The summed E-state index contributed by atoms with van der Waals surface area (Å²) in [4.78, 5) is 66.3. The van der Waals surface area contributed by atoms with Crippen LogP contribution in [0, 0.1) is 22.0 Å². The van der Waals surface area contributed by atoms with Gasteiger partial charge < -0.3 is 15.0 Å². The highest BCUT2D eigenvalue weighted by Gasteiger charge is 2.64. The number of hydrogen-bond donors (Lipinski definition) is 1. The zero-order valence-electron chi connectivity index (χ0n) is 21.1. The first-order valence-electron chi connectivity index (χ1n) is 12.5. The van der Waals surface area contributed by atoms with Crippen LogP contribution < -0.4 is 19.9 Å². The normalized spacial score (nSPS) is 22.4. The lowest BCUT2D eigenvalue weighted by Gasteiger charge is -2.36. The summed E-state index contributed by atoms with van der Waals surface area (Å²) in [5.41, 5.74) is 2.09. The van der Waals surface area contributed by atoms with Crippen LogP contribution in [0.4, 0.5) is 22.7 Å². The first-order chi connectivity index (χ1) is 19.2. The number of para-hydroxylation sites is 1. The lowest BCUT2D eigenvalue weighted by molar-refractivity contribution is -0.384. The number of nitrogens with one attached hydrogen (secondary N) is 1. The number of esters is 1. The molecule has 3 amide bonds. The van der Waals surface area contributed by atoms with E-state index in [-0.39, 0.29) is 11.4 Å². The molecule has 0 unspecified atom stereocenters. The van der Waals surface area contributed by atoms with Crippen molar-refractivity contribution >= 4 is 52.5 Å². The zero-order valence-corrected chi connectivity index (χ0v) is 21.1. The van der Waals surface area contributed by atoms with Crippen LogP contribution in [-0.2, 0) is 19.2 Å². The maximum atomic E-state index is 13.9. The molecule has 3 aromatic rings. The summed E-state index contributed by atoms with van der Waals surface area (Å²) in [5.74, 6) is -3.49. The van der Waals surface area contributed by atoms with Crippen LogP contribution in [0.15, 0.2) is 78.9 Å². The quantitative estimate of drug-likeness (QED) is 0.171. The highest BCUT2D eigenvalue weighted by atomic mass is 16.6. The lowest BCUT2D eigenvalue weighted by Crippen LogP contribution is -2.50. The van der Waals surface area contributed by atoms with Crippen molar-refractivity contribution in [3.8, 4) is 5.75 Å². The number of nitro benzene ring substituents is 1. The van der Waals surface area contributed by atoms with Gasteiger partial charge in [0.1, 0.15) is 11.8 Å². The van der Waals surface area contributed by atoms with E-state index in [9.17, 15) is 29.3 Å². The molecule has 40 heavy (non-hydrogen) atoms. The molecule has 3 heterocycles. The van der Waals surface area contributed by atoms with Crippen LogP contribution in [-0.4, -0.2) is 40.7 Å². The molecule has 0 radical (unpaired) electrons. The second kappa shape index (κ2) is 9.45. The van der Waals surface area contributed by atoms with Gasteiger partial charge in [0.05, 0.1) is 28.5 Å². The Bertz CT molecular complexity index is 1600. The van der Waals surface area contributed by atoms with E-state index in [0.29, 0.717) is 11.4 Å². The maximum absolute atomic E-state index is 13.9. The molecule has 6 rings (SSSR count). The highest BCUT2D eigenvalue weighted by Crippen LogP contribution is 2.49. The summed E-state index contributed by atoms with van der Waals surface area (Å²) in [5, 5.41) is 13.8. The van der Waals surface area contributed by atoms with Crippen LogP contribution in [0.2, 0.25) is 0 Å². The second-order valence-corrected chi connectivity index (χ2v) is 9.70. The number of nitrogens with zero attached hydrogens (tertiary/aromatic N) is 3. The Morgan fingerprint density at radius 2 is 1.60 bits per heavy atom. The summed E-state index contributed by atoms with van der Waals surface area (Å²) in [6, 6.07) is 17.3. The molecule has 3 aromatic carbocycles. The third-order valence-electron chi connectivity index (χ3n) is 7.39. The smallest absolute Gasteiger partial charge is 0.308 e. The molecule has 11 nitrogen and oxygen atoms in total. The molecule has 4 atom stereocenters. The molecule has 0 aromatic heterocycles. The van der Waals surface area contributed by atoms with Crippen LogP contribution in [0.25, 0.3) is 6.08 Å². The Hall–Kier alpha value is -5.32. The molecule has 0 saturated carbocycles. The van der Waals surface area contributed by atoms with E-state index >= 15 is 0 Å². The predicted octanol–water partition coefficient (Wildman–Crippen LogP) is 3.55. The minimum Gasteiger partial charge on any atom is -0.427 e. The third-order valence-corrected chi connectivity index (χ3v) is 7.39. The average molecular weight is 539 g/mol. The fourth-order valence-corrected chi connectivity index (χ4v) is 5.78. The van der Waals surface area contributed by atoms with E-state index in [2.05, 4.69) is 5.32 Å². The van der Waals surface area contributed by atoms with Crippen LogP contribution in [0.1, 0.15) is 12.5 Å². The molecule has 200 valence electrons. The van der Waals surface area contributed by atoms with E-state index < -0.39 is 52.5 Å². The van der Waals surface area contributed by atoms with Gasteiger partial charge in [-0.1, -0.05) is 30.4 Å². The van der Waals surface area contributed by atoms with Gasteiger partial charge in [-0.05, 0) is 48.0 Å². The SMILES string of the molecule is CC(=O)Oc1ccc(N2C(=O)[C@@H]3[C@H](C2=O)[C@H](C(=O)Nc2ccc([N+](=O)[O-])cc2)N2c4ccccc4C=C[C@H]32)cc1. The van der Waals surface area contributed by atoms with Gasteiger partial charge >= 0.3 is 5.97 Å². The van der Waals surface area contributed by atoms with Gasteiger partial charge in [-0.15, -0.1) is 0 Å². The van der Waals surface area contributed by atoms with Crippen molar-refractivity contribution in [2.24, 2.45) is 11.8 Å². The second-order valence-electron chi connectivity index (χ2n) is 9.70. The Morgan fingerprint density at radius 1 is 0.925 bits per heavy atom. The third kappa shape index (κ3) is 3.99. The molecule has 2 saturated heterocycles. The maximum Gasteiger partial charge on any atom is 0.308 e. The van der Waals surface area contributed by atoms with E-state index in [4.69, 9.17) is 4.74 Å². The first-order valence-corrected chi connectivity index (χ1v) is 12.5. The van der Waals surface area contributed by atoms with E-state index in [1.165, 1.54) is 55.5 Å². The fourth-order valence-electron chi connectivity index (χ4n) is 5.78. The number of hydrogen-bond acceptors (Lipinski definition) is 8. The van der Waals surface area contributed by atoms with Gasteiger partial charge in [0, 0.05) is 30.4 Å². The summed E-state index contributed by atoms with van der Waals surface area (Å²) in [6.07, 6.45) is 3.73. The number of amides is 3. The molecule has 0 bridgehead atoms. The number of rotatable bonds is 5. The molecule has 1 N–H and O–H groups in total. The molecule has 11 heteroatoms. The lowest BCUT2D eigenvalue weighted by atomic mass is 9.88. The summed E-state index contributed by atoms with van der Waals surface area (Å²) < 4.78 is 5.06. The molecule has 0 spiro atoms. The monoisotopic (exact) mass is 538 g/mol. The van der Waals surface area contributed by atoms with E-state index in [0.717, 1.165) is 16.2 Å². The summed E-state index contributed by atoms with van der Waals surface area (Å²) >= 11 is 0. The number of carbonyl (C=O) groups excluding carboxylic acids is 4. The zero-order chi connectivity index (χ0) is 28.1. The Morgan fingerprint density at radius 3 is 2.27 bits per heavy atom. The molecule has 2 fully saturated rings. The van der Waals surface area contributed by atoms with Crippen molar-refractivity contribution in [2.75, 3.05) is 15.1 Å². The van der Waals surface area contributed by atoms with Crippen molar-refractivity contribution in [3.05, 3.63) is 94.6 Å². The molecule has 3 aliphatic heterocycles. The number of anilines is 3. The Kier molecular flexibility index (Phi) is 5.91. The molecule has 0 aliphatic carbocycles. The van der Waals surface area contributed by atoms with E-state index in [1.807, 2.05) is 41.3 Å². The van der Waals surface area contributed by atoms with Crippen LogP contribution in [0.5, 0.6) is 5.75 Å². The van der Waals surface area contributed by atoms with E-state index in [1.54, 1.807) is 0 Å². The summed E-state index contributed by atoms with van der Waals surface area (Å²) in [7, 11) is 0. The highest BCUT2D eigenvalue weighted by molar-refractivity contribution is 6.25. The molecular weight excluding hydrogens is 516 g/mol. The minimum atomic E-state index is -1.03. The number of non-ortho nitro benzene ring substituents is 1. The van der Waals surface area contributed by atoms with Crippen molar-refractivity contribution < 1.29 is 28.8 Å². The molecular formula is C29H22N4O7. The Labute approximate surface area is 227 Å².